The molecule has 0 heterocycles. The molecule has 0 aliphatic rings. The lowest BCUT2D eigenvalue weighted by Crippen LogP contribution is -2.15. The number of amides is 1. The van der Waals surface area contributed by atoms with E-state index in [1.165, 1.54) is 0 Å². The van der Waals surface area contributed by atoms with Gasteiger partial charge in [0.15, 0.2) is 0 Å². The maximum Gasteiger partial charge on any atom is 0.266 e. The lowest BCUT2D eigenvalue weighted by atomic mass is 10.1. The van der Waals surface area contributed by atoms with Gasteiger partial charge in [0.1, 0.15) is 17.4 Å². The van der Waals surface area contributed by atoms with Gasteiger partial charge in [-0.05, 0) is 55.2 Å². The second-order valence-electron chi connectivity index (χ2n) is 6.16. The van der Waals surface area contributed by atoms with Crippen molar-refractivity contribution >= 4 is 17.7 Å². The van der Waals surface area contributed by atoms with Crippen LogP contribution in [0.5, 0.6) is 5.75 Å². The average molecular weight is 348 g/mol. The summed E-state index contributed by atoms with van der Waals surface area (Å²) in [4.78, 5) is 12.5. The second kappa shape index (κ2) is 9.43. The molecule has 0 spiro atoms. The highest BCUT2D eigenvalue weighted by Crippen LogP contribution is 2.21. The first kappa shape index (κ1) is 19.3. The van der Waals surface area contributed by atoms with Crippen LogP contribution >= 0.6 is 0 Å². The van der Waals surface area contributed by atoms with Gasteiger partial charge in [0, 0.05) is 5.69 Å². The van der Waals surface area contributed by atoms with Crippen molar-refractivity contribution in [3.05, 3.63) is 64.7 Å². The van der Waals surface area contributed by atoms with E-state index in [9.17, 15) is 10.1 Å². The molecule has 2 aromatic carbocycles. The first-order valence-electron chi connectivity index (χ1n) is 8.77. The van der Waals surface area contributed by atoms with Gasteiger partial charge in [-0.15, -0.1) is 0 Å². The molecule has 2 rings (SSSR count). The number of aryl methyl sites for hydroxylation is 2. The van der Waals surface area contributed by atoms with Crippen LogP contribution in [-0.2, 0) is 4.79 Å². The number of hydrogen-bond donors (Lipinski definition) is 1. The summed E-state index contributed by atoms with van der Waals surface area (Å²) in [6, 6.07) is 15.1. The number of anilines is 1. The minimum atomic E-state index is -0.409. The highest BCUT2D eigenvalue weighted by Gasteiger charge is 2.12. The molecule has 0 radical (unpaired) electrons. The number of carbonyl (C=O) groups excluding carboxylic acids is 1. The van der Waals surface area contributed by atoms with Crippen LogP contribution in [0.3, 0.4) is 0 Å². The Morgan fingerprint density at radius 2 is 1.81 bits per heavy atom. The lowest BCUT2D eigenvalue weighted by molar-refractivity contribution is -0.112. The summed E-state index contributed by atoms with van der Waals surface area (Å²) in [6.45, 7) is 6.66. The van der Waals surface area contributed by atoms with E-state index < -0.39 is 5.91 Å². The summed E-state index contributed by atoms with van der Waals surface area (Å²) < 4.78 is 5.62. The Labute approximate surface area is 155 Å². The molecule has 4 heteroatoms. The van der Waals surface area contributed by atoms with Crippen molar-refractivity contribution in [3.8, 4) is 11.8 Å². The van der Waals surface area contributed by atoms with Crippen LogP contribution in [0.1, 0.15) is 36.5 Å². The number of carbonyl (C=O) groups is 1. The zero-order valence-electron chi connectivity index (χ0n) is 15.5. The smallest absolute Gasteiger partial charge is 0.266 e. The second-order valence-corrected chi connectivity index (χ2v) is 6.16. The van der Waals surface area contributed by atoms with E-state index in [-0.39, 0.29) is 5.57 Å². The van der Waals surface area contributed by atoms with Gasteiger partial charge in [-0.2, -0.15) is 5.26 Å². The van der Waals surface area contributed by atoms with Crippen LogP contribution in [0.25, 0.3) is 6.08 Å². The maximum atomic E-state index is 12.5. The predicted molar refractivity (Wildman–Crippen MR) is 105 cm³/mol. The van der Waals surface area contributed by atoms with Gasteiger partial charge in [-0.1, -0.05) is 43.7 Å². The largest absolute Gasteiger partial charge is 0.494 e. The molecule has 0 aliphatic carbocycles. The fourth-order valence-electron chi connectivity index (χ4n) is 2.50. The maximum absolute atomic E-state index is 12.5. The van der Waals surface area contributed by atoms with Crippen molar-refractivity contribution < 1.29 is 9.53 Å². The molecular formula is C22H24N2O2. The SMILES string of the molecule is CCCCOc1ccc(/C=C(/C#N)C(=O)Nc2c(C)cccc2C)cc1. The van der Waals surface area contributed by atoms with Gasteiger partial charge >= 0.3 is 0 Å². The van der Waals surface area contributed by atoms with Crippen molar-refractivity contribution in [1.82, 2.24) is 0 Å². The summed E-state index contributed by atoms with van der Waals surface area (Å²) >= 11 is 0. The van der Waals surface area contributed by atoms with Gasteiger partial charge in [0.25, 0.3) is 5.91 Å². The Morgan fingerprint density at radius 3 is 2.38 bits per heavy atom. The molecule has 0 saturated heterocycles. The summed E-state index contributed by atoms with van der Waals surface area (Å²) in [5.41, 5.74) is 3.51. The van der Waals surface area contributed by atoms with Crippen LogP contribution in [0.2, 0.25) is 0 Å². The number of hydrogen-bond acceptors (Lipinski definition) is 3. The van der Waals surface area contributed by atoms with Crippen LogP contribution in [-0.4, -0.2) is 12.5 Å². The third-order valence-electron chi connectivity index (χ3n) is 4.04. The Hall–Kier alpha value is -3.06. The first-order valence-corrected chi connectivity index (χ1v) is 8.77. The molecule has 1 amide bonds. The van der Waals surface area contributed by atoms with Crippen molar-refractivity contribution in [3.63, 3.8) is 0 Å². The molecule has 0 unspecified atom stereocenters. The minimum Gasteiger partial charge on any atom is -0.494 e. The number of para-hydroxylation sites is 1. The molecule has 0 fully saturated rings. The van der Waals surface area contributed by atoms with E-state index in [1.54, 1.807) is 6.08 Å². The van der Waals surface area contributed by atoms with Crippen LogP contribution < -0.4 is 10.1 Å². The van der Waals surface area contributed by atoms with Crippen molar-refractivity contribution in [2.24, 2.45) is 0 Å². The van der Waals surface area contributed by atoms with E-state index in [1.807, 2.05) is 62.4 Å². The number of ether oxygens (including phenoxy) is 1. The molecule has 1 N–H and O–H groups in total. The molecular weight excluding hydrogens is 324 g/mol. The van der Waals surface area contributed by atoms with Gasteiger partial charge in [-0.3, -0.25) is 4.79 Å². The van der Waals surface area contributed by atoms with Crippen LogP contribution in [0.15, 0.2) is 48.0 Å². The molecule has 0 aliphatic heterocycles. The van der Waals surface area contributed by atoms with Crippen LogP contribution in [0.4, 0.5) is 5.69 Å². The van der Waals surface area contributed by atoms with Gasteiger partial charge in [0.2, 0.25) is 0 Å². The molecule has 134 valence electrons. The number of nitrogens with one attached hydrogen (secondary N) is 1. The van der Waals surface area contributed by atoms with Gasteiger partial charge in [-0.25, -0.2) is 0 Å². The van der Waals surface area contributed by atoms with Crippen molar-refractivity contribution in [1.29, 1.82) is 5.26 Å². The zero-order chi connectivity index (χ0) is 18.9. The Kier molecular flexibility index (Phi) is 6.99. The highest BCUT2D eigenvalue weighted by atomic mass is 16.5. The summed E-state index contributed by atoms with van der Waals surface area (Å²) in [5.74, 6) is 0.377. The van der Waals surface area contributed by atoms with E-state index >= 15 is 0 Å². The number of nitriles is 1. The van der Waals surface area contributed by atoms with E-state index in [2.05, 4.69) is 12.2 Å². The molecule has 0 aromatic heterocycles. The van der Waals surface area contributed by atoms with Crippen molar-refractivity contribution in [2.75, 3.05) is 11.9 Å². The summed E-state index contributed by atoms with van der Waals surface area (Å²) in [6.07, 6.45) is 3.68. The fraction of sp³-hybridized carbons (Fsp3) is 0.273. The zero-order valence-corrected chi connectivity index (χ0v) is 15.5. The Bertz CT molecular complexity index is 810. The van der Waals surface area contributed by atoms with Gasteiger partial charge in [0.05, 0.1) is 6.61 Å². The molecule has 0 bridgehead atoms. The van der Waals surface area contributed by atoms with E-state index in [4.69, 9.17) is 4.74 Å². The minimum absolute atomic E-state index is 0.0623. The predicted octanol–water partition coefficient (Wildman–Crippen LogP) is 5.03. The Morgan fingerprint density at radius 1 is 1.15 bits per heavy atom. The standard InChI is InChI=1S/C22H24N2O2/c1-4-5-13-26-20-11-9-18(10-12-20)14-19(15-23)22(25)24-21-16(2)7-6-8-17(21)3/h6-12,14H,4-5,13H2,1-3H3,(H,24,25)/b19-14-. The van der Waals surface area contributed by atoms with Gasteiger partial charge < -0.3 is 10.1 Å². The lowest BCUT2D eigenvalue weighted by Gasteiger charge is -2.11. The molecule has 4 nitrogen and oxygen atoms in total. The number of rotatable bonds is 7. The summed E-state index contributed by atoms with van der Waals surface area (Å²) in [5, 5.41) is 12.2. The molecule has 2 aromatic rings. The molecule has 0 atom stereocenters. The highest BCUT2D eigenvalue weighted by molar-refractivity contribution is 6.10. The normalized spacial score (nSPS) is 10.9. The van der Waals surface area contributed by atoms with Crippen molar-refractivity contribution in [2.45, 2.75) is 33.6 Å². The first-order chi connectivity index (χ1) is 12.5. The molecule has 26 heavy (non-hydrogen) atoms. The third-order valence-corrected chi connectivity index (χ3v) is 4.04. The topological polar surface area (TPSA) is 62.1 Å². The third kappa shape index (κ3) is 5.22. The fourth-order valence-corrected chi connectivity index (χ4v) is 2.50. The Balaban J connectivity index is 2.12. The quantitative estimate of drug-likeness (QED) is 0.434. The number of nitrogens with zero attached hydrogens (tertiary/aromatic N) is 1. The average Bonchev–Trinajstić information content (AvgIpc) is 2.64. The van der Waals surface area contributed by atoms with Crippen LogP contribution in [0, 0.1) is 25.2 Å². The number of unbranched alkanes of at least 4 members (excludes halogenated alkanes) is 1. The summed E-state index contributed by atoms with van der Waals surface area (Å²) in [7, 11) is 0. The van der Waals surface area contributed by atoms with E-state index in [0.717, 1.165) is 41.0 Å². The molecule has 0 saturated carbocycles. The van der Waals surface area contributed by atoms with E-state index in [0.29, 0.717) is 6.61 Å². The number of benzene rings is 2. The monoisotopic (exact) mass is 348 g/mol.